The minimum Gasteiger partial charge on any atom is -0.394 e. The van der Waals surface area contributed by atoms with Crippen LogP contribution in [0.2, 0.25) is 0 Å². The summed E-state index contributed by atoms with van der Waals surface area (Å²) in [7, 11) is 0. The molecule has 0 aliphatic carbocycles. The molecule has 0 spiro atoms. The molecule has 0 amide bonds. The molecular formula is C10H16O4. The minimum absolute atomic E-state index is 0.219. The summed E-state index contributed by atoms with van der Waals surface area (Å²) in [5, 5.41) is 28.0. The van der Waals surface area contributed by atoms with Crippen LogP contribution in [0.5, 0.6) is 0 Å². The number of aliphatic hydroxyl groups excluding tert-OH is 3. The Morgan fingerprint density at radius 1 is 1.29 bits per heavy atom. The van der Waals surface area contributed by atoms with Gasteiger partial charge in [-0.3, -0.25) is 0 Å². The Labute approximate surface area is 83.5 Å². The average molecular weight is 200 g/mol. The highest BCUT2D eigenvalue weighted by Gasteiger charge is 2.41. The molecule has 0 unspecified atom stereocenters. The van der Waals surface area contributed by atoms with Crippen LogP contribution in [0.4, 0.5) is 0 Å². The number of rotatable bonds is 2. The average Bonchev–Trinajstić information content (AvgIpc) is 2.19. The Kier molecular flexibility index (Phi) is 3.90. The Morgan fingerprint density at radius 2 is 1.93 bits per heavy atom. The Bertz CT molecular complexity index is 221. The highest BCUT2D eigenvalue weighted by molar-refractivity contribution is 4.96. The molecule has 0 radical (unpaired) electrons. The molecule has 1 saturated heterocycles. The molecule has 1 aliphatic rings. The van der Waals surface area contributed by atoms with Crippen molar-refractivity contribution in [3.05, 3.63) is 0 Å². The van der Waals surface area contributed by atoms with E-state index in [-0.39, 0.29) is 18.6 Å². The van der Waals surface area contributed by atoms with Gasteiger partial charge in [-0.1, -0.05) is 6.92 Å². The Balaban J connectivity index is 2.69. The molecule has 1 heterocycles. The molecule has 0 aromatic rings. The van der Waals surface area contributed by atoms with E-state index >= 15 is 0 Å². The predicted octanol–water partition coefficient (Wildman–Crippen LogP) is -0.873. The van der Waals surface area contributed by atoms with Crippen LogP contribution in [0.25, 0.3) is 0 Å². The molecule has 0 saturated carbocycles. The second-order valence-corrected chi connectivity index (χ2v) is 3.64. The lowest BCUT2D eigenvalue weighted by Gasteiger charge is -2.40. The van der Waals surface area contributed by atoms with Gasteiger partial charge in [0.05, 0.1) is 18.8 Å². The summed E-state index contributed by atoms with van der Waals surface area (Å²) >= 11 is 0. The first-order chi connectivity index (χ1) is 6.61. The summed E-state index contributed by atoms with van der Waals surface area (Å²) < 4.78 is 5.37. The first kappa shape index (κ1) is 11.5. The van der Waals surface area contributed by atoms with Gasteiger partial charge in [-0.2, -0.15) is 0 Å². The van der Waals surface area contributed by atoms with Crippen LogP contribution in [-0.2, 0) is 4.74 Å². The maximum Gasteiger partial charge on any atom is 0.109 e. The molecule has 0 aromatic carbocycles. The van der Waals surface area contributed by atoms with Crippen LogP contribution >= 0.6 is 0 Å². The summed E-state index contributed by atoms with van der Waals surface area (Å²) in [5.74, 6) is 2.23. The van der Waals surface area contributed by atoms with E-state index in [1.54, 1.807) is 6.92 Å². The van der Waals surface area contributed by atoms with Crippen molar-refractivity contribution in [2.75, 3.05) is 6.61 Å². The van der Waals surface area contributed by atoms with E-state index in [2.05, 4.69) is 5.92 Å². The van der Waals surface area contributed by atoms with Crippen LogP contribution in [-0.4, -0.2) is 46.3 Å². The van der Waals surface area contributed by atoms with E-state index in [0.717, 1.165) is 0 Å². The zero-order valence-electron chi connectivity index (χ0n) is 8.13. The molecule has 3 N–H and O–H groups in total. The predicted molar refractivity (Wildman–Crippen MR) is 50.4 cm³/mol. The van der Waals surface area contributed by atoms with Gasteiger partial charge >= 0.3 is 0 Å². The molecule has 1 fully saturated rings. The van der Waals surface area contributed by atoms with Gasteiger partial charge in [0.2, 0.25) is 0 Å². The molecule has 14 heavy (non-hydrogen) atoms. The monoisotopic (exact) mass is 200 g/mol. The Morgan fingerprint density at radius 3 is 2.43 bits per heavy atom. The van der Waals surface area contributed by atoms with Crippen LogP contribution < -0.4 is 0 Å². The molecule has 1 rings (SSSR count). The topological polar surface area (TPSA) is 69.9 Å². The lowest BCUT2D eigenvalue weighted by molar-refractivity contribution is -0.203. The number of hydrogen-bond donors (Lipinski definition) is 3. The summed E-state index contributed by atoms with van der Waals surface area (Å²) in [5.41, 5.74) is 0. The third kappa shape index (κ3) is 2.07. The van der Waals surface area contributed by atoms with E-state index in [4.69, 9.17) is 16.3 Å². The molecule has 1 aliphatic heterocycles. The van der Waals surface area contributed by atoms with Gasteiger partial charge < -0.3 is 20.1 Å². The van der Waals surface area contributed by atoms with E-state index in [0.29, 0.717) is 6.42 Å². The first-order valence-electron chi connectivity index (χ1n) is 4.67. The SMILES string of the molecule is C#CC[C@H]1O[C@H](CO)[C@H](O)[C@H](O)[C@H]1C. The van der Waals surface area contributed by atoms with Crippen molar-refractivity contribution >= 4 is 0 Å². The third-order valence-electron chi connectivity index (χ3n) is 2.70. The van der Waals surface area contributed by atoms with Crippen molar-refractivity contribution in [1.29, 1.82) is 0 Å². The van der Waals surface area contributed by atoms with Gasteiger partial charge in [0, 0.05) is 12.3 Å². The fraction of sp³-hybridized carbons (Fsp3) is 0.800. The maximum absolute atomic E-state index is 9.64. The molecule has 5 atom stereocenters. The number of hydrogen-bond acceptors (Lipinski definition) is 4. The van der Waals surface area contributed by atoms with Gasteiger partial charge in [0.25, 0.3) is 0 Å². The van der Waals surface area contributed by atoms with Crippen molar-refractivity contribution in [2.45, 2.75) is 37.8 Å². The van der Waals surface area contributed by atoms with Gasteiger partial charge in [0.1, 0.15) is 12.2 Å². The second kappa shape index (κ2) is 4.76. The highest BCUT2D eigenvalue weighted by atomic mass is 16.5. The molecule has 80 valence electrons. The quantitative estimate of drug-likeness (QED) is 0.507. The zero-order valence-corrected chi connectivity index (χ0v) is 8.13. The van der Waals surface area contributed by atoms with Gasteiger partial charge in [0.15, 0.2) is 0 Å². The summed E-state index contributed by atoms with van der Waals surface area (Å²) in [4.78, 5) is 0. The molecule has 4 nitrogen and oxygen atoms in total. The number of terminal acetylenes is 1. The van der Waals surface area contributed by atoms with Crippen LogP contribution in [0.3, 0.4) is 0 Å². The van der Waals surface area contributed by atoms with Crippen molar-refractivity contribution in [3.63, 3.8) is 0 Å². The van der Waals surface area contributed by atoms with Crippen molar-refractivity contribution in [3.8, 4) is 12.3 Å². The van der Waals surface area contributed by atoms with E-state index in [1.165, 1.54) is 0 Å². The summed E-state index contributed by atoms with van der Waals surface area (Å²) in [6.07, 6.45) is 2.57. The smallest absolute Gasteiger partial charge is 0.109 e. The zero-order chi connectivity index (χ0) is 10.7. The number of ether oxygens (including phenoxy) is 1. The lowest BCUT2D eigenvalue weighted by Crippen LogP contribution is -2.54. The third-order valence-corrected chi connectivity index (χ3v) is 2.70. The van der Waals surface area contributed by atoms with E-state index < -0.39 is 18.3 Å². The van der Waals surface area contributed by atoms with Crippen molar-refractivity contribution < 1.29 is 20.1 Å². The van der Waals surface area contributed by atoms with Crippen LogP contribution in [0.15, 0.2) is 0 Å². The van der Waals surface area contributed by atoms with Crippen molar-refractivity contribution in [1.82, 2.24) is 0 Å². The van der Waals surface area contributed by atoms with E-state index in [1.807, 2.05) is 0 Å². The molecule has 0 aromatic heterocycles. The van der Waals surface area contributed by atoms with Crippen LogP contribution in [0, 0.1) is 18.3 Å². The molecular weight excluding hydrogens is 184 g/mol. The molecule has 0 bridgehead atoms. The minimum atomic E-state index is -1.04. The van der Waals surface area contributed by atoms with E-state index in [9.17, 15) is 10.2 Å². The first-order valence-corrected chi connectivity index (χ1v) is 4.67. The summed E-state index contributed by atoms with van der Waals surface area (Å²) in [6, 6.07) is 0. The standard InChI is InChI=1S/C10H16O4/c1-3-4-7-6(2)9(12)10(13)8(5-11)14-7/h1,6-13H,4-5H2,2H3/t6-,7+,8+,9+,10-/m0/s1. The highest BCUT2D eigenvalue weighted by Crippen LogP contribution is 2.27. The number of aliphatic hydroxyl groups is 3. The maximum atomic E-state index is 9.64. The van der Waals surface area contributed by atoms with Crippen molar-refractivity contribution in [2.24, 2.45) is 5.92 Å². The fourth-order valence-electron chi connectivity index (χ4n) is 1.68. The van der Waals surface area contributed by atoms with Gasteiger partial charge in [-0.05, 0) is 0 Å². The Hall–Kier alpha value is -0.600. The second-order valence-electron chi connectivity index (χ2n) is 3.64. The van der Waals surface area contributed by atoms with Gasteiger partial charge in [-0.25, -0.2) is 0 Å². The molecule has 4 heteroatoms. The van der Waals surface area contributed by atoms with Crippen LogP contribution in [0.1, 0.15) is 13.3 Å². The fourth-order valence-corrected chi connectivity index (χ4v) is 1.68. The summed E-state index contributed by atoms with van der Waals surface area (Å²) in [6.45, 7) is 1.45. The lowest BCUT2D eigenvalue weighted by atomic mass is 9.87. The van der Waals surface area contributed by atoms with Gasteiger partial charge in [-0.15, -0.1) is 12.3 Å². The largest absolute Gasteiger partial charge is 0.394 e. The normalized spacial score (nSPS) is 43.2.